The standard InChI is InChI=1S/C17H16ClFO2/c1-10-7-13(19)8-11(2)16(10)17(18)12-3-4-14-15(9-12)21-6-5-20-14/h3-4,7-9,17H,5-6H2,1-2H3. The van der Waals surface area contributed by atoms with Gasteiger partial charge in [0.25, 0.3) is 0 Å². The lowest BCUT2D eigenvalue weighted by atomic mass is 9.95. The van der Waals surface area contributed by atoms with Crippen LogP contribution < -0.4 is 9.47 Å². The maximum atomic E-state index is 13.4. The average Bonchev–Trinajstić information content (AvgIpc) is 2.45. The molecule has 0 spiro atoms. The van der Waals surface area contributed by atoms with Crippen molar-refractivity contribution in [3.8, 4) is 11.5 Å². The summed E-state index contributed by atoms with van der Waals surface area (Å²) in [7, 11) is 0. The molecule has 0 bridgehead atoms. The van der Waals surface area contributed by atoms with Gasteiger partial charge in [-0.3, -0.25) is 0 Å². The first-order valence-corrected chi connectivity index (χ1v) is 7.30. The topological polar surface area (TPSA) is 18.5 Å². The zero-order valence-corrected chi connectivity index (χ0v) is 12.7. The van der Waals surface area contributed by atoms with Gasteiger partial charge in [0.05, 0.1) is 5.38 Å². The van der Waals surface area contributed by atoms with Gasteiger partial charge in [0.1, 0.15) is 19.0 Å². The molecule has 0 saturated carbocycles. The average molecular weight is 307 g/mol. The van der Waals surface area contributed by atoms with Crippen molar-refractivity contribution in [1.82, 2.24) is 0 Å². The van der Waals surface area contributed by atoms with E-state index in [4.69, 9.17) is 21.1 Å². The van der Waals surface area contributed by atoms with Crippen LogP contribution >= 0.6 is 11.6 Å². The number of rotatable bonds is 2. The Hall–Kier alpha value is -1.74. The first-order valence-electron chi connectivity index (χ1n) is 6.86. The van der Waals surface area contributed by atoms with Crippen molar-refractivity contribution in [3.63, 3.8) is 0 Å². The van der Waals surface area contributed by atoms with Crippen LogP contribution in [0.5, 0.6) is 11.5 Å². The summed E-state index contributed by atoms with van der Waals surface area (Å²) in [6.07, 6.45) is 0. The number of hydrogen-bond acceptors (Lipinski definition) is 2. The van der Waals surface area contributed by atoms with Gasteiger partial charge >= 0.3 is 0 Å². The fourth-order valence-electron chi connectivity index (χ4n) is 2.71. The lowest BCUT2D eigenvalue weighted by molar-refractivity contribution is 0.171. The van der Waals surface area contributed by atoms with Gasteiger partial charge in [-0.15, -0.1) is 11.6 Å². The second kappa shape index (κ2) is 5.57. The molecule has 21 heavy (non-hydrogen) atoms. The molecule has 0 saturated heterocycles. The third-order valence-electron chi connectivity index (χ3n) is 3.67. The van der Waals surface area contributed by atoms with Gasteiger partial charge in [-0.25, -0.2) is 4.39 Å². The molecular formula is C17H16ClFO2. The van der Waals surface area contributed by atoms with E-state index in [0.717, 1.165) is 28.0 Å². The highest BCUT2D eigenvalue weighted by atomic mass is 35.5. The molecule has 1 aliphatic heterocycles. The molecule has 1 atom stereocenters. The summed E-state index contributed by atoms with van der Waals surface area (Å²) in [4.78, 5) is 0. The number of hydrogen-bond donors (Lipinski definition) is 0. The van der Waals surface area contributed by atoms with Crippen molar-refractivity contribution >= 4 is 11.6 Å². The highest BCUT2D eigenvalue weighted by Crippen LogP contribution is 2.38. The molecule has 0 aliphatic carbocycles. The Balaban J connectivity index is 2.01. The van der Waals surface area contributed by atoms with Gasteiger partial charge in [0.2, 0.25) is 0 Å². The van der Waals surface area contributed by atoms with E-state index in [0.29, 0.717) is 19.0 Å². The Kier molecular flexibility index (Phi) is 3.77. The molecule has 0 N–H and O–H groups in total. The largest absolute Gasteiger partial charge is 0.486 e. The van der Waals surface area contributed by atoms with Crippen LogP contribution in [0, 0.1) is 19.7 Å². The number of halogens is 2. The fraction of sp³-hybridized carbons (Fsp3) is 0.294. The van der Waals surface area contributed by atoms with Crippen LogP contribution in [0.4, 0.5) is 4.39 Å². The molecule has 0 fully saturated rings. The summed E-state index contributed by atoms with van der Waals surface area (Å²) in [6, 6.07) is 8.71. The molecule has 2 nitrogen and oxygen atoms in total. The molecule has 0 aromatic heterocycles. The van der Waals surface area contributed by atoms with Crippen molar-refractivity contribution < 1.29 is 13.9 Å². The van der Waals surface area contributed by atoms with Gasteiger partial charge in [0.15, 0.2) is 11.5 Å². The van der Waals surface area contributed by atoms with E-state index in [9.17, 15) is 4.39 Å². The number of alkyl halides is 1. The third kappa shape index (κ3) is 2.70. The van der Waals surface area contributed by atoms with Gasteiger partial charge < -0.3 is 9.47 Å². The van der Waals surface area contributed by atoms with E-state index >= 15 is 0 Å². The number of ether oxygens (including phenoxy) is 2. The molecule has 1 aliphatic rings. The van der Waals surface area contributed by atoms with E-state index in [1.807, 2.05) is 32.0 Å². The van der Waals surface area contributed by atoms with Crippen molar-refractivity contribution in [2.24, 2.45) is 0 Å². The van der Waals surface area contributed by atoms with Crippen molar-refractivity contribution in [2.45, 2.75) is 19.2 Å². The molecule has 0 radical (unpaired) electrons. The predicted molar refractivity (Wildman–Crippen MR) is 81.0 cm³/mol. The van der Waals surface area contributed by atoms with E-state index in [1.165, 1.54) is 12.1 Å². The lowest BCUT2D eigenvalue weighted by Gasteiger charge is -2.21. The smallest absolute Gasteiger partial charge is 0.161 e. The molecule has 110 valence electrons. The summed E-state index contributed by atoms with van der Waals surface area (Å²) in [5.41, 5.74) is 3.55. The zero-order chi connectivity index (χ0) is 15.0. The highest BCUT2D eigenvalue weighted by molar-refractivity contribution is 6.22. The Bertz CT molecular complexity index is 661. The Labute approximate surface area is 128 Å². The van der Waals surface area contributed by atoms with Crippen LogP contribution in [0.1, 0.15) is 27.6 Å². The van der Waals surface area contributed by atoms with Crippen molar-refractivity contribution in [1.29, 1.82) is 0 Å². The van der Waals surface area contributed by atoms with Crippen LogP contribution in [-0.4, -0.2) is 13.2 Å². The van der Waals surface area contributed by atoms with Crippen molar-refractivity contribution in [3.05, 3.63) is 58.4 Å². The van der Waals surface area contributed by atoms with Crippen LogP contribution in [0.15, 0.2) is 30.3 Å². The summed E-state index contributed by atoms with van der Waals surface area (Å²) >= 11 is 6.62. The van der Waals surface area contributed by atoms with Crippen LogP contribution in [-0.2, 0) is 0 Å². The van der Waals surface area contributed by atoms with E-state index in [2.05, 4.69) is 0 Å². The van der Waals surface area contributed by atoms with Crippen LogP contribution in [0.2, 0.25) is 0 Å². The maximum absolute atomic E-state index is 13.4. The summed E-state index contributed by atoms with van der Waals surface area (Å²) in [6.45, 7) is 4.85. The molecule has 3 rings (SSSR count). The van der Waals surface area contributed by atoms with E-state index in [-0.39, 0.29) is 11.2 Å². The normalized spacial score (nSPS) is 14.9. The van der Waals surface area contributed by atoms with E-state index in [1.54, 1.807) is 0 Å². The highest BCUT2D eigenvalue weighted by Gasteiger charge is 2.20. The first-order chi connectivity index (χ1) is 10.1. The van der Waals surface area contributed by atoms with Gasteiger partial charge in [0, 0.05) is 0 Å². The monoisotopic (exact) mass is 306 g/mol. The zero-order valence-electron chi connectivity index (χ0n) is 12.0. The number of aryl methyl sites for hydroxylation is 2. The lowest BCUT2D eigenvalue weighted by Crippen LogP contribution is -2.15. The van der Waals surface area contributed by atoms with Crippen molar-refractivity contribution in [2.75, 3.05) is 13.2 Å². The third-order valence-corrected chi connectivity index (χ3v) is 4.14. The summed E-state index contributed by atoms with van der Waals surface area (Å²) in [5, 5.41) is -0.346. The second-order valence-electron chi connectivity index (χ2n) is 5.22. The first kappa shape index (κ1) is 14.2. The minimum Gasteiger partial charge on any atom is -0.486 e. The molecule has 1 heterocycles. The molecule has 4 heteroatoms. The van der Waals surface area contributed by atoms with Gasteiger partial charge in [-0.05, 0) is 60.4 Å². The minimum atomic E-state index is -0.346. The fourth-order valence-corrected chi connectivity index (χ4v) is 3.19. The Morgan fingerprint density at radius 1 is 1.00 bits per heavy atom. The molecule has 1 unspecified atom stereocenters. The quantitative estimate of drug-likeness (QED) is 0.758. The van der Waals surface area contributed by atoms with Crippen LogP contribution in [0.25, 0.3) is 0 Å². The second-order valence-corrected chi connectivity index (χ2v) is 5.66. The molecular weight excluding hydrogens is 291 g/mol. The molecule has 0 amide bonds. The Morgan fingerprint density at radius 3 is 2.29 bits per heavy atom. The predicted octanol–water partition coefficient (Wildman–Crippen LogP) is 4.54. The molecule has 2 aromatic rings. The van der Waals surface area contributed by atoms with Crippen LogP contribution in [0.3, 0.4) is 0 Å². The number of benzene rings is 2. The van der Waals surface area contributed by atoms with E-state index < -0.39 is 0 Å². The number of fused-ring (bicyclic) bond motifs is 1. The SMILES string of the molecule is Cc1cc(F)cc(C)c1C(Cl)c1ccc2c(c1)OCCO2. The minimum absolute atomic E-state index is 0.236. The van der Waals surface area contributed by atoms with Gasteiger partial charge in [-0.2, -0.15) is 0 Å². The summed E-state index contributed by atoms with van der Waals surface area (Å²) in [5.74, 6) is 1.21. The Morgan fingerprint density at radius 2 is 1.62 bits per heavy atom. The molecule has 2 aromatic carbocycles. The van der Waals surface area contributed by atoms with Gasteiger partial charge in [-0.1, -0.05) is 6.07 Å². The maximum Gasteiger partial charge on any atom is 0.161 e. The summed E-state index contributed by atoms with van der Waals surface area (Å²) < 4.78 is 24.5.